The van der Waals surface area contributed by atoms with Crippen LogP contribution in [-0.4, -0.2) is 17.6 Å². The maximum absolute atomic E-state index is 5.91. The maximum atomic E-state index is 5.91. The third-order valence-corrected chi connectivity index (χ3v) is 5.44. The van der Waals surface area contributed by atoms with Gasteiger partial charge in [-0.3, -0.25) is 0 Å². The van der Waals surface area contributed by atoms with Crippen molar-refractivity contribution in [2.24, 2.45) is 16.1 Å². The maximum Gasteiger partial charge on any atom is 0.273 e. The summed E-state index contributed by atoms with van der Waals surface area (Å²) >= 11 is 1.66. The van der Waals surface area contributed by atoms with Crippen molar-refractivity contribution in [2.45, 2.75) is 0 Å². The van der Waals surface area contributed by atoms with E-state index in [2.05, 4.69) is 21.7 Å². The van der Waals surface area contributed by atoms with Crippen LogP contribution in [0.5, 0.6) is 11.5 Å². The van der Waals surface area contributed by atoms with Gasteiger partial charge in [-0.2, -0.15) is 5.53 Å². The Morgan fingerprint density at radius 2 is 2.00 bits per heavy atom. The first-order valence-electron chi connectivity index (χ1n) is 8.44. The third kappa shape index (κ3) is 2.69. The van der Waals surface area contributed by atoms with Crippen LogP contribution in [0.4, 0.5) is 11.5 Å². The first-order chi connectivity index (χ1) is 13.7. The zero-order valence-electron chi connectivity index (χ0n) is 14.5. The minimum Gasteiger partial charge on any atom is -0.454 e. The van der Waals surface area contributed by atoms with Crippen LogP contribution in [-0.2, 0) is 0 Å². The topological polar surface area (TPSA) is 120 Å². The lowest BCUT2D eigenvalue weighted by atomic mass is 10.1. The smallest absolute Gasteiger partial charge is 0.273 e. The molecular formula is C19H15N6O2S+. The molecule has 0 saturated heterocycles. The Kier molecular flexibility index (Phi) is 3.80. The predicted molar refractivity (Wildman–Crippen MR) is 108 cm³/mol. The van der Waals surface area contributed by atoms with E-state index >= 15 is 0 Å². The van der Waals surface area contributed by atoms with Gasteiger partial charge in [-0.1, -0.05) is 6.07 Å². The van der Waals surface area contributed by atoms with Gasteiger partial charge in [0.1, 0.15) is 11.0 Å². The fourth-order valence-electron chi connectivity index (χ4n) is 3.19. The molecule has 0 aliphatic carbocycles. The van der Waals surface area contributed by atoms with Crippen LogP contribution in [0.2, 0.25) is 0 Å². The number of nitrogens with zero attached hydrogens (tertiary/aromatic N) is 3. The molecule has 3 heterocycles. The lowest BCUT2D eigenvalue weighted by Crippen LogP contribution is -2.23. The van der Waals surface area contributed by atoms with E-state index in [9.17, 15) is 0 Å². The zero-order chi connectivity index (χ0) is 19.1. The number of benzene rings is 2. The van der Waals surface area contributed by atoms with Gasteiger partial charge in [0.05, 0.1) is 10.6 Å². The number of hydrogen-bond acceptors (Lipinski definition) is 6. The number of aromatic nitrogens is 1. The van der Waals surface area contributed by atoms with Gasteiger partial charge >= 0.3 is 0 Å². The van der Waals surface area contributed by atoms with Crippen molar-refractivity contribution in [3.05, 3.63) is 53.4 Å². The molecule has 0 bridgehead atoms. The van der Waals surface area contributed by atoms with E-state index in [-0.39, 0.29) is 12.6 Å². The summed E-state index contributed by atoms with van der Waals surface area (Å²) in [6.45, 7) is 0.239. The fourth-order valence-corrected chi connectivity index (χ4v) is 4.12. The van der Waals surface area contributed by atoms with Crippen molar-refractivity contribution in [3.8, 4) is 11.5 Å². The molecule has 5 rings (SSSR count). The zero-order valence-corrected chi connectivity index (χ0v) is 15.4. The van der Waals surface area contributed by atoms with E-state index in [4.69, 9.17) is 25.7 Å². The van der Waals surface area contributed by atoms with Crippen molar-refractivity contribution >= 4 is 49.7 Å². The summed E-state index contributed by atoms with van der Waals surface area (Å²) in [5, 5.41) is 14.5. The average molecular weight is 391 g/mol. The Morgan fingerprint density at radius 1 is 1.11 bits per heavy atom. The minimum absolute atomic E-state index is 0.239. The molecule has 0 amide bonds. The Bertz CT molecular complexity index is 1270. The van der Waals surface area contributed by atoms with Crippen LogP contribution in [0.3, 0.4) is 0 Å². The van der Waals surface area contributed by atoms with Gasteiger partial charge in [0.15, 0.2) is 11.5 Å². The monoisotopic (exact) mass is 391 g/mol. The summed E-state index contributed by atoms with van der Waals surface area (Å²) < 4.78 is 12.0. The van der Waals surface area contributed by atoms with Crippen molar-refractivity contribution in [1.82, 2.24) is 4.98 Å². The van der Waals surface area contributed by atoms with Crippen LogP contribution in [0.15, 0.2) is 58.2 Å². The standard InChI is InChI=1S/C19H14N6O2S/c20-18(24-25-21)10-1-3-12-14(7-10)23-19(13-5-6-28-17(12)13)22-11-2-4-15-16(8-11)27-9-26-15/h1-8H,9H2,(H,22,23)(H3,20,21,24)/p+1. The molecule has 9 heteroatoms. The number of nitrogens with one attached hydrogen (secondary N) is 1. The molecule has 2 aromatic carbocycles. The van der Waals surface area contributed by atoms with Crippen molar-refractivity contribution in [1.29, 1.82) is 0 Å². The van der Waals surface area contributed by atoms with E-state index in [1.807, 2.05) is 41.8 Å². The molecule has 28 heavy (non-hydrogen) atoms. The molecule has 0 unspecified atom stereocenters. The predicted octanol–water partition coefficient (Wildman–Crippen LogP) is 2.75. The average Bonchev–Trinajstić information content (AvgIpc) is 3.37. The summed E-state index contributed by atoms with van der Waals surface area (Å²) in [4.78, 5) is 4.82. The summed E-state index contributed by atoms with van der Waals surface area (Å²) in [5.41, 5.74) is 13.4. The number of rotatable bonds is 4. The summed E-state index contributed by atoms with van der Waals surface area (Å²) in [5.74, 6) is 2.44. The number of nitrogens with two attached hydrogens (primary N) is 2. The Morgan fingerprint density at radius 3 is 2.89 bits per heavy atom. The van der Waals surface area contributed by atoms with Crippen LogP contribution >= 0.6 is 11.3 Å². The number of ether oxygens (including phenoxy) is 2. The molecule has 1 aliphatic heterocycles. The number of pyridine rings is 1. The Hall–Kier alpha value is -3.72. The molecule has 0 atom stereocenters. The Labute approximate surface area is 163 Å². The molecule has 0 radical (unpaired) electrons. The molecule has 5 N–H and O–H groups in total. The van der Waals surface area contributed by atoms with Gasteiger partial charge in [-0.15, -0.1) is 11.3 Å². The van der Waals surface area contributed by atoms with Gasteiger partial charge in [0.25, 0.3) is 5.84 Å². The van der Waals surface area contributed by atoms with E-state index < -0.39 is 0 Å². The highest BCUT2D eigenvalue weighted by molar-refractivity contribution is 7.18. The molecule has 1 aliphatic rings. The van der Waals surface area contributed by atoms with Crippen molar-refractivity contribution in [3.63, 3.8) is 0 Å². The molecule has 4 aromatic rings. The van der Waals surface area contributed by atoms with Gasteiger partial charge in [-0.05, 0) is 35.7 Å². The van der Waals surface area contributed by atoms with Crippen LogP contribution in [0, 0.1) is 0 Å². The number of amidine groups is 1. The van der Waals surface area contributed by atoms with Crippen LogP contribution in [0.1, 0.15) is 5.56 Å². The number of fused-ring (bicyclic) bond motifs is 4. The van der Waals surface area contributed by atoms with E-state index in [1.165, 1.54) is 0 Å². The molecule has 0 fully saturated rings. The summed E-state index contributed by atoms with van der Waals surface area (Å²) in [6.07, 6.45) is 0. The number of thiophene rings is 1. The quantitative estimate of drug-likeness (QED) is 0.214. The van der Waals surface area contributed by atoms with E-state index in [0.29, 0.717) is 11.3 Å². The second-order valence-corrected chi connectivity index (χ2v) is 7.07. The normalized spacial score (nSPS) is 13.2. The molecule has 0 saturated carbocycles. The lowest BCUT2D eigenvalue weighted by molar-refractivity contribution is -0.221. The molecule has 8 nitrogen and oxygen atoms in total. The molecular weight excluding hydrogens is 376 g/mol. The minimum atomic E-state index is 0.239. The van der Waals surface area contributed by atoms with E-state index in [1.54, 1.807) is 11.3 Å². The summed E-state index contributed by atoms with van der Waals surface area (Å²) in [6, 6.07) is 13.5. The Balaban J connectivity index is 1.63. The van der Waals surface area contributed by atoms with Gasteiger partial charge in [-0.25, -0.2) is 4.98 Å². The van der Waals surface area contributed by atoms with Crippen molar-refractivity contribution < 1.29 is 15.0 Å². The molecule has 2 aromatic heterocycles. The summed E-state index contributed by atoms with van der Waals surface area (Å²) in [7, 11) is 0. The highest BCUT2D eigenvalue weighted by Gasteiger charge is 2.16. The number of anilines is 2. The fraction of sp³-hybridized carbons (Fsp3) is 0.0526. The largest absolute Gasteiger partial charge is 0.454 e. The first kappa shape index (κ1) is 16.5. The highest BCUT2D eigenvalue weighted by atomic mass is 32.1. The van der Waals surface area contributed by atoms with Gasteiger partial charge in [0, 0.05) is 32.8 Å². The van der Waals surface area contributed by atoms with Crippen molar-refractivity contribution in [2.75, 3.05) is 12.1 Å². The van der Waals surface area contributed by atoms with Gasteiger partial charge < -0.3 is 20.5 Å². The van der Waals surface area contributed by atoms with E-state index in [0.717, 1.165) is 38.2 Å². The first-order valence-corrected chi connectivity index (χ1v) is 9.32. The molecule has 0 spiro atoms. The second-order valence-electron chi connectivity index (χ2n) is 6.15. The highest BCUT2D eigenvalue weighted by Crippen LogP contribution is 2.38. The lowest BCUT2D eigenvalue weighted by Gasteiger charge is -2.10. The second kappa shape index (κ2) is 6.46. The third-order valence-electron chi connectivity index (χ3n) is 4.49. The van der Waals surface area contributed by atoms with Gasteiger partial charge in [0.2, 0.25) is 6.79 Å². The van der Waals surface area contributed by atoms with Crippen LogP contribution < -0.4 is 26.1 Å². The SMILES string of the molecule is N/C(=N\N=[NH2+])c1ccc2c(c1)nc(Nc1ccc3c(c1)OCO3)c1ccsc12. The van der Waals surface area contributed by atoms with Crippen LogP contribution in [0.25, 0.3) is 21.0 Å². The molecule has 138 valence electrons. The number of hydrogen-bond donors (Lipinski definition) is 3.